The Morgan fingerprint density at radius 1 is 1.54 bits per heavy atom. The van der Waals surface area contributed by atoms with E-state index in [4.69, 9.17) is 5.73 Å². The molecular formula is C9H16N4. The Balaban J connectivity index is 2.44. The van der Waals surface area contributed by atoms with E-state index >= 15 is 0 Å². The Bertz CT molecular complexity index is 264. The number of allylic oxidation sites excluding steroid dienone is 1. The molecule has 2 N–H and O–H groups in total. The Hall–Kier alpha value is -1.16. The van der Waals surface area contributed by atoms with Gasteiger partial charge in [-0.15, -0.1) is 0 Å². The quantitative estimate of drug-likeness (QED) is 0.680. The van der Waals surface area contributed by atoms with E-state index in [9.17, 15) is 0 Å². The first-order valence-corrected chi connectivity index (χ1v) is 4.60. The topological polar surface area (TPSA) is 56.7 Å². The van der Waals surface area contributed by atoms with Crippen molar-refractivity contribution < 1.29 is 0 Å². The molecule has 1 rings (SSSR count). The lowest BCUT2D eigenvalue weighted by molar-refractivity contribution is 0.626. The van der Waals surface area contributed by atoms with Crippen LogP contribution >= 0.6 is 0 Å². The van der Waals surface area contributed by atoms with E-state index in [0.717, 1.165) is 25.2 Å². The van der Waals surface area contributed by atoms with Crippen molar-refractivity contribution in [1.82, 2.24) is 14.8 Å². The highest BCUT2D eigenvalue weighted by molar-refractivity contribution is 4.95. The lowest BCUT2D eigenvalue weighted by Gasteiger charge is -1.98. The number of nitrogens with two attached hydrogens (primary N) is 1. The second-order valence-corrected chi connectivity index (χ2v) is 2.74. The lowest BCUT2D eigenvalue weighted by atomic mass is 10.3. The molecule has 0 bridgehead atoms. The number of nitrogens with zero attached hydrogens (tertiary/aromatic N) is 3. The van der Waals surface area contributed by atoms with Crippen LogP contribution in [0.1, 0.15) is 19.2 Å². The largest absolute Gasteiger partial charge is 0.330 e. The molecule has 72 valence electrons. The molecule has 1 aromatic heterocycles. The summed E-state index contributed by atoms with van der Waals surface area (Å²) in [5.74, 6) is 1.01. The maximum atomic E-state index is 5.36. The summed E-state index contributed by atoms with van der Waals surface area (Å²) >= 11 is 0. The summed E-state index contributed by atoms with van der Waals surface area (Å²) in [6.45, 7) is 3.64. The third-order valence-corrected chi connectivity index (χ3v) is 1.80. The van der Waals surface area contributed by atoms with Crippen LogP contribution in [0, 0.1) is 0 Å². The van der Waals surface area contributed by atoms with Gasteiger partial charge in [0.25, 0.3) is 0 Å². The Morgan fingerprint density at radius 3 is 3.08 bits per heavy atom. The highest BCUT2D eigenvalue weighted by Crippen LogP contribution is 1.96. The third-order valence-electron chi connectivity index (χ3n) is 1.80. The van der Waals surface area contributed by atoms with E-state index in [1.807, 2.05) is 4.68 Å². The number of hydrogen-bond acceptors (Lipinski definition) is 3. The highest BCUT2D eigenvalue weighted by atomic mass is 15.3. The van der Waals surface area contributed by atoms with Crippen LogP contribution in [-0.2, 0) is 13.0 Å². The van der Waals surface area contributed by atoms with Crippen molar-refractivity contribution in [3.05, 3.63) is 24.3 Å². The molecule has 0 aliphatic rings. The van der Waals surface area contributed by atoms with Crippen LogP contribution in [0.4, 0.5) is 0 Å². The molecule has 1 aromatic rings. The predicted molar refractivity (Wildman–Crippen MR) is 52.2 cm³/mol. The summed E-state index contributed by atoms with van der Waals surface area (Å²) < 4.78 is 1.90. The first-order chi connectivity index (χ1) is 6.38. The van der Waals surface area contributed by atoms with Crippen LogP contribution < -0.4 is 5.73 Å². The second kappa shape index (κ2) is 5.48. The average molecular weight is 180 g/mol. The molecule has 0 saturated heterocycles. The van der Waals surface area contributed by atoms with Crippen LogP contribution in [0.15, 0.2) is 18.5 Å². The fraction of sp³-hybridized carbons (Fsp3) is 0.556. The average Bonchev–Trinajstić information content (AvgIpc) is 2.60. The summed E-state index contributed by atoms with van der Waals surface area (Å²) in [5, 5.41) is 4.08. The van der Waals surface area contributed by atoms with Gasteiger partial charge in [0.15, 0.2) is 0 Å². The van der Waals surface area contributed by atoms with Gasteiger partial charge in [-0.25, -0.2) is 4.98 Å². The van der Waals surface area contributed by atoms with Crippen molar-refractivity contribution in [2.45, 2.75) is 26.3 Å². The molecule has 13 heavy (non-hydrogen) atoms. The standard InChI is InChI=1S/C9H16N4/c1-2-13-9(11-8-12-13)6-4-3-5-7-10/h3-4,8H,2,5-7,10H2,1H3. The van der Waals surface area contributed by atoms with Crippen LogP contribution in [0.25, 0.3) is 0 Å². The molecule has 0 aliphatic carbocycles. The normalized spacial score (nSPS) is 11.2. The summed E-state index contributed by atoms with van der Waals surface area (Å²) in [7, 11) is 0. The second-order valence-electron chi connectivity index (χ2n) is 2.74. The maximum absolute atomic E-state index is 5.36. The van der Waals surface area contributed by atoms with Gasteiger partial charge in [-0.2, -0.15) is 5.10 Å². The SMILES string of the molecule is CCn1ncnc1CC=CCCN. The Morgan fingerprint density at radius 2 is 2.38 bits per heavy atom. The van der Waals surface area contributed by atoms with E-state index in [2.05, 4.69) is 29.2 Å². The van der Waals surface area contributed by atoms with E-state index < -0.39 is 0 Å². The molecule has 0 saturated carbocycles. The minimum atomic E-state index is 0.705. The molecule has 4 heteroatoms. The molecule has 0 amide bonds. The highest BCUT2D eigenvalue weighted by Gasteiger charge is 1.97. The van der Waals surface area contributed by atoms with Crippen molar-refractivity contribution in [3.63, 3.8) is 0 Å². The van der Waals surface area contributed by atoms with Gasteiger partial charge in [0.2, 0.25) is 0 Å². The molecule has 0 aromatic carbocycles. The molecule has 0 aliphatic heterocycles. The first-order valence-electron chi connectivity index (χ1n) is 4.60. The lowest BCUT2D eigenvalue weighted by Crippen LogP contribution is -2.02. The zero-order valence-electron chi connectivity index (χ0n) is 7.98. The van der Waals surface area contributed by atoms with E-state index in [1.54, 1.807) is 6.33 Å². The van der Waals surface area contributed by atoms with Crippen molar-refractivity contribution in [2.24, 2.45) is 5.73 Å². The molecule has 0 radical (unpaired) electrons. The minimum absolute atomic E-state index is 0.705. The van der Waals surface area contributed by atoms with Gasteiger partial charge >= 0.3 is 0 Å². The Kier molecular flexibility index (Phi) is 4.18. The fourth-order valence-electron chi connectivity index (χ4n) is 1.11. The van der Waals surface area contributed by atoms with Crippen LogP contribution in [0.2, 0.25) is 0 Å². The van der Waals surface area contributed by atoms with Gasteiger partial charge in [-0.3, -0.25) is 4.68 Å². The zero-order valence-corrected chi connectivity index (χ0v) is 7.98. The van der Waals surface area contributed by atoms with Gasteiger partial charge in [0, 0.05) is 13.0 Å². The number of rotatable bonds is 5. The molecule has 0 unspecified atom stereocenters. The van der Waals surface area contributed by atoms with Crippen LogP contribution in [0.3, 0.4) is 0 Å². The smallest absolute Gasteiger partial charge is 0.138 e. The van der Waals surface area contributed by atoms with Crippen molar-refractivity contribution in [3.8, 4) is 0 Å². The molecule has 0 fully saturated rings. The summed E-state index contributed by atoms with van der Waals surface area (Å²) in [6.07, 6.45) is 7.53. The Labute approximate surface area is 78.5 Å². The first kappa shape index (κ1) is 9.92. The van der Waals surface area contributed by atoms with E-state index in [0.29, 0.717) is 6.54 Å². The van der Waals surface area contributed by atoms with E-state index in [1.165, 1.54) is 0 Å². The molecule has 0 atom stereocenters. The van der Waals surface area contributed by atoms with Gasteiger partial charge in [-0.05, 0) is 19.9 Å². The summed E-state index contributed by atoms with van der Waals surface area (Å²) in [5.41, 5.74) is 5.36. The van der Waals surface area contributed by atoms with Crippen molar-refractivity contribution in [1.29, 1.82) is 0 Å². The number of aromatic nitrogens is 3. The maximum Gasteiger partial charge on any atom is 0.138 e. The van der Waals surface area contributed by atoms with Gasteiger partial charge in [-0.1, -0.05) is 12.2 Å². The van der Waals surface area contributed by atoms with E-state index in [-0.39, 0.29) is 0 Å². The van der Waals surface area contributed by atoms with Gasteiger partial charge < -0.3 is 5.73 Å². The molecule has 0 spiro atoms. The monoisotopic (exact) mass is 180 g/mol. The summed E-state index contributed by atoms with van der Waals surface area (Å²) in [6, 6.07) is 0. The van der Waals surface area contributed by atoms with Crippen molar-refractivity contribution in [2.75, 3.05) is 6.54 Å². The summed E-state index contributed by atoms with van der Waals surface area (Å²) in [4.78, 5) is 4.15. The number of aryl methyl sites for hydroxylation is 1. The minimum Gasteiger partial charge on any atom is -0.330 e. The predicted octanol–water partition coefficient (Wildman–Crippen LogP) is 0.745. The van der Waals surface area contributed by atoms with Crippen LogP contribution in [0.5, 0.6) is 0 Å². The fourth-order valence-corrected chi connectivity index (χ4v) is 1.11. The zero-order chi connectivity index (χ0) is 9.52. The molecular weight excluding hydrogens is 164 g/mol. The third kappa shape index (κ3) is 2.99. The molecule has 4 nitrogen and oxygen atoms in total. The van der Waals surface area contributed by atoms with Crippen LogP contribution in [-0.4, -0.2) is 21.3 Å². The molecule has 1 heterocycles. The van der Waals surface area contributed by atoms with Crippen molar-refractivity contribution >= 4 is 0 Å². The number of hydrogen-bond donors (Lipinski definition) is 1. The van der Waals surface area contributed by atoms with Gasteiger partial charge in [0.1, 0.15) is 12.2 Å². The van der Waals surface area contributed by atoms with Gasteiger partial charge in [0.05, 0.1) is 0 Å².